The Hall–Kier alpha value is -3.20. The fourth-order valence-electron chi connectivity index (χ4n) is 2.86. The molecule has 0 radical (unpaired) electrons. The van der Waals surface area contributed by atoms with E-state index in [2.05, 4.69) is 10.6 Å². The summed E-state index contributed by atoms with van der Waals surface area (Å²) in [5.74, 6) is -1.09. The molecule has 28 heavy (non-hydrogen) atoms. The molecule has 0 unspecified atom stereocenters. The Balaban J connectivity index is 1.37. The van der Waals surface area contributed by atoms with Gasteiger partial charge in [-0.3, -0.25) is 19.3 Å². The standard InChI is InChI=1S/C19H21FN4O4/c20-15-1-3-16(4-2-15)22-17(25)12-23-6-8-24(9-7-23)18(26)11-21-19(27)14-5-10-28-13-14/h1-5,10,13H,6-9,11-12H2,(H,21,27)(H,22,25). The molecule has 148 valence electrons. The van der Waals surface area contributed by atoms with Gasteiger partial charge in [0.2, 0.25) is 11.8 Å². The molecule has 0 spiro atoms. The van der Waals surface area contributed by atoms with Gasteiger partial charge >= 0.3 is 0 Å². The summed E-state index contributed by atoms with van der Waals surface area (Å²) >= 11 is 0. The summed E-state index contributed by atoms with van der Waals surface area (Å²) in [6, 6.07) is 7.09. The summed E-state index contributed by atoms with van der Waals surface area (Å²) in [5, 5.41) is 5.28. The first-order valence-corrected chi connectivity index (χ1v) is 8.87. The molecule has 0 saturated carbocycles. The van der Waals surface area contributed by atoms with E-state index in [-0.39, 0.29) is 36.6 Å². The maximum Gasteiger partial charge on any atom is 0.254 e. The lowest BCUT2D eigenvalue weighted by Crippen LogP contribution is -2.52. The van der Waals surface area contributed by atoms with Gasteiger partial charge in [-0.05, 0) is 30.3 Å². The van der Waals surface area contributed by atoms with Crippen molar-refractivity contribution in [2.75, 3.05) is 44.6 Å². The molecule has 2 N–H and O–H groups in total. The molecule has 1 aromatic carbocycles. The van der Waals surface area contributed by atoms with Gasteiger partial charge in [-0.25, -0.2) is 4.39 Å². The van der Waals surface area contributed by atoms with Gasteiger partial charge in [-0.15, -0.1) is 0 Å². The number of halogens is 1. The molecule has 2 aromatic rings. The van der Waals surface area contributed by atoms with Crippen LogP contribution in [0.1, 0.15) is 10.4 Å². The minimum atomic E-state index is -0.363. The molecule has 0 bridgehead atoms. The van der Waals surface area contributed by atoms with Gasteiger partial charge in [0.15, 0.2) is 0 Å². The molecule has 9 heteroatoms. The first kappa shape index (κ1) is 19.6. The highest BCUT2D eigenvalue weighted by molar-refractivity contribution is 5.96. The van der Waals surface area contributed by atoms with E-state index in [9.17, 15) is 18.8 Å². The van der Waals surface area contributed by atoms with Crippen LogP contribution in [0.3, 0.4) is 0 Å². The number of carbonyl (C=O) groups excluding carboxylic acids is 3. The van der Waals surface area contributed by atoms with Crippen LogP contribution in [-0.2, 0) is 9.59 Å². The summed E-state index contributed by atoms with van der Waals surface area (Å²) in [7, 11) is 0. The van der Waals surface area contributed by atoms with Gasteiger partial charge < -0.3 is 20.0 Å². The molecule has 0 aliphatic carbocycles. The molecule has 1 aliphatic rings. The van der Waals surface area contributed by atoms with E-state index in [4.69, 9.17) is 4.42 Å². The molecular formula is C19H21FN4O4. The number of hydrogen-bond donors (Lipinski definition) is 2. The number of hydrogen-bond acceptors (Lipinski definition) is 5. The number of piperazine rings is 1. The molecular weight excluding hydrogens is 367 g/mol. The Morgan fingerprint density at radius 1 is 1.04 bits per heavy atom. The van der Waals surface area contributed by atoms with Gasteiger partial charge in [0.1, 0.15) is 12.1 Å². The van der Waals surface area contributed by atoms with Crippen LogP contribution in [0, 0.1) is 5.82 Å². The third kappa shape index (κ3) is 5.40. The van der Waals surface area contributed by atoms with Crippen molar-refractivity contribution < 1.29 is 23.2 Å². The fourth-order valence-corrected chi connectivity index (χ4v) is 2.86. The molecule has 1 fully saturated rings. The van der Waals surface area contributed by atoms with Crippen LogP contribution in [0.4, 0.5) is 10.1 Å². The third-order valence-corrected chi connectivity index (χ3v) is 4.40. The monoisotopic (exact) mass is 388 g/mol. The van der Waals surface area contributed by atoms with Crippen LogP contribution in [-0.4, -0.2) is 66.8 Å². The summed E-state index contributed by atoms with van der Waals surface area (Å²) < 4.78 is 17.7. The van der Waals surface area contributed by atoms with Crippen molar-refractivity contribution in [1.82, 2.24) is 15.1 Å². The highest BCUT2D eigenvalue weighted by atomic mass is 19.1. The predicted octanol–water partition coefficient (Wildman–Crippen LogP) is 0.931. The van der Waals surface area contributed by atoms with E-state index in [0.717, 1.165) is 0 Å². The van der Waals surface area contributed by atoms with Crippen LogP contribution >= 0.6 is 0 Å². The lowest BCUT2D eigenvalue weighted by molar-refractivity contribution is -0.132. The van der Waals surface area contributed by atoms with Gasteiger partial charge in [0, 0.05) is 31.9 Å². The lowest BCUT2D eigenvalue weighted by atomic mass is 10.2. The third-order valence-electron chi connectivity index (χ3n) is 4.40. The van der Waals surface area contributed by atoms with Crippen LogP contribution in [0.25, 0.3) is 0 Å². The second-order valence-corrected chi connectivity index (χ2v) is 6.41. The number of nitrogens with one attached hydrogen (secondary N) is 2. The van der Waals surface area contributed by atoms with Gasteiger partial charge in [-0.1, -0.05) is 0 Å². The van der Waals surface area contributed by atoms with Crippen LogP contribution < -0.4 is 10.6 Å². The number of carbonyl (C=O) groups is 3. The number of amides is 3. The normalized spacial score (nSPS) is 14.5. The minimum Gasteiger partial charge on any atom is -0.472 e. The Morgan fingerprint density at radius 2 is 1.75 bits per heavy atom. The zero-order chi connectivity index (χ0) is 19.9. The van der Waals surface area contributed by atoms with Gasteiger partial charge in [0.05, 0.1) is 24.9 Å². The van der Waals surface area contributed by atoms with E-state index in [1.807, 2.05) is 4.90 Å². The number of benzene rings is 1. The molecule has 2 heterocycles. The van der Waals surface area contributed by atoms with E-state index < -0.39 is 0 Å². The Bertz CT molecular complexity index is 815. The smallest absolute Gasteiger partial charge is 0.254 e. The Morgan fingerprint density at radius 3 is 2.39 bits per heavy atom. The van der Waals surface area contributed by atoms with Gasteiger partial charge in [0.25, 0.3) is 5.91 Å². The average Bonchev–Trinajstić information content (AvgIpc) is 3.23. The summed E-state index contributed by atoms with van der Waals surface area (Å²) in [6.07, 6.45) is 2.71. The topological polar surface area (TPSA) is 94.9 Å². The highest BCUT2D eigenvalue weighted by Gasteiger charge is 2.22. The highest BCUT2D eigenvalue weighted by Crippen LogP contribution is 2.09. The fraction of sp³-hybridized carbons (Fsp3) is 0.316. The molecule has 1 aromatic heterocycles. The number of furan rings is 1. The van der Waals surface area contributed by atoms with E-state index in [0.29, 0.717) is 37.4 Å². The van der Waals surface area contributed by atoms with E-state index in [1.54, 1.807) is 4.90 Å². The molecule has 3 amide bonds. The van der Waals surface area contributed by atoms with Crippen molar-refractivity contribution in [3.63, 3.8) is 0 Å². The van der Waals surface area contributed by atoms with Gasteiger partial charge in [-0.2, -0.15) is 0 Å². The van der Waals surface area contributed by atoms with Crippen molar-refractivity contribution in [3.05, 3.63) is 54.2 Å². The van der Waals surface area contributed by atoms with Crippen molar-refractivity contribution in [2.45, 2.75) is 0 Å². The summed E-state index contributed by atoms with van der Waals surface area (Å²) in [4.78, 5) is 39.7. The molecule has 1 saturated heterocycles. The zero-order valence-corrected chi connectivity index (χ0v) is 15.2. The average molecular weight is 388 g/mol. The molecule has 3 rings (SSSR count). The summed E-state index contributed by atoms with van der Waals surface area (Å²) in [6.45, 7) is 2.16. The van der Waals surface area contributed by atoms with Crippen LogP contribution in [0.5, 0.6) is 0 Å². The number of nitrogens with zero attached hydrogens (tertiary/aromatic N) is 2. The minimum absolute atomic E-state index is 0.0882. The Labute approximate surface area is 161 Å². The molecule has 1 aliphatic heterocycles. The predicted molar refractivity (Wildman–Crippen MR) is 99.1 cm³/mol. The molecule has 0 atom stereocenters. The molecule has 8 nitrogen and oxygen atoms in total. The van der Waals surface area contributed by atoms with Crippen molar-refractivity contribution in [3.8, 4) is 0 Å². The quantitative estimate of drug-likeness (QED) is 0.768. The van der Waals surface area contributed by atoms with E-state index in [1.165, 1.54) is 42.9 Å². The maximum absolute atomic E-state index is 12.9. The number of rotatable bonds is 6. The van der Waals surface area contributed by atoms with Crippen molar-refractivity contribution in [2.24, 2.45) is 0 Å². The first-order chi connectivity index (χ1) is 13.5. The van der Waals surface area contributed by atoms with Crippen molar-refractivity contribution in [1.29, 1.82) is 0 Å². The van der Waals surface area contributed by atoms with Crippen LogP contribution in [0.15, 0.2) is 47.3 Å². The second-order valence-electron chi connectivity index (χ2n) is 6.41. The SMILES string of the molecule is O=C(CN1CCN(C(=O)CNC(=O)c2ccoc2)CC1)Nc1ccc(F)cc1. The maximum atomic E-state index is 12.9. The first-order valence-electron chi connectivity index (χ1n) is 8.87. The van der Waals surface area contributed by atoms with Crippen molar-refractivity contribution >= 4 is 23.4 Å². The zero-order valence-electron chi connectivity index (χ0n) is 15.2. The van der Waals surface area contributed by atoms with E-state index >= 15 is 0 Å². The lowest BCUT2D eigenvalue weighted by Gasteiger charge is -2.34. The second kappa shape index (κ2) is 9.14. The van der Waals surface area contributed by atoms with Crippen LogP contribution in [0.2, 0.25) is 0 Å². The largest absolute Gasteiger partial charge is 0.472 e. The number of anilines is 1. The summed E-state index contributed by atoms with van der Waals surface area (Å²) in [5.41, 5.74) is 0.901. The Kier molecular flexibility index (Phi) is 6.38.